The van der Waals surface area contributed by atoms with Gasteiger partial charge in [-0.15, -0.1) is 0 Å². The number of primary amides is 1. The molecule has 0 unspecified atom stereocenters. The molecule has 1 aromatic rings. The molecule has 2 nitrogen and oxygen atoms in total. The zero-order chi connectivity index (χ0) is 11.6. The third kappa shape index (κ3) is 2.26. The van der Waals surface area contributed by atoms with Crippen LogP contribution in [0.2, 0.25) is 0 Å². The first kappa shape index (κ1) is 11.9. The number of carbonyl (C=O) groups is 1. The molecule has 1 aromatic carbocycles. The van der Waals surface area contributed by atoms with E-state index in [9.17, 15) is 18.0 Å². The van der Waals surface area contributed by atoms with Gasteiger partial charge < -0.3 is 5.73 Å². The summed E-state index contributed by atoms with van der Waals surface area (Å²) in [6.45, 7) is 0. The summed E-state index contributed by atoms with van der Waals surface area (Å²) >= 11 is 3.82. The van der Waals surface area contributed by atoms with E-state index < -0.39 is 23.4 Å². The average Bonchev–Trinajstić information content (AvgIpc) is 2.18. The Hall–Kier alpha value is -1.17. The highest BCUT2D eigenvalue weighted by Crippen LogP contribution is 2.20. The lowest BCUT2D eigenvalue weighted by atomic mass is 10.0. The molecule has 0 aromatic heterocycles. The van der Waals surface area contributed by atoms with E-state index >= 15 is 0 Å². The molecule has 0 saturated heterocycles. The summed E-state index contributed by atoms with van der Waals surface area (Å²) in [7, 11) is 0. The summed E-state index contributed by atoms with van der Waals surface area (Å²) in [6, 6.07) is 0.597. The van der Waals surface area contributed by atoms with Crippen molar-refractivity contribution in [2.24, 2.45) is 5.73 Å². The van der Waals surface area contributed by atoms with Gasteiger partial charge in [-0.3, -0.25) is 4.79 Å². The zero-order valence-corrected chi connectivity index (χ0v) is 8.45. The molecule has 0 spiro atoms. The minimum absolute atomic E-state index is 0.00438. The molecule has 15 heavy (non-hydrogen) atoms. The number of hydrogen-bond donors (Lipinski definition) is 2. The quantitative estimate of drug-likeness (QED) is 0.607. The predicted molar refractivity (Wildman–Crippen MR) is 52.4 cm³/mol. The molecule has 0 aliphatic heterocycles. The smallest absolute Gasteiger partial charge is 0.249 e. The van der Waals surface area contributed by atoms with Gasteiger partial charge in [0, 0.05) is 11.1 Å². The van der Waals surface area contributed by atoms with Crippen LogP contribution >= 0.6 is 12.6 Å². The lowest BCUT2D eigenvalue weighted by molar-refractivity contribution is 0.0998. The highest BCUT2D eigenvalue weighted by Gasteiger charge is 2.20. The minimum atomic E-state index is -1.60. The Balaban J connectivity index is 3.43. The van der Waals surface area contributed by atoms with E-state index in [4.69, 9.17) is 5.73 Å². The lowest BCUT2D eigenvalue weighted by Gasteiger charge is -2.08. The Morgan fingerprint density at radius 3 is 2.40 bits per heavy atom. The van der Waals surface area contributed by atoms with Gasteiger partial charge in [-0.25, -0.2) is 13.2 Å². The minimum Gasteiger partial charge on any atom is -0.366 e. The maximum Gasteiger partial charge on any atom is 0.249 e. The van der Waals surface area contributed by atoms with Crippen LogP contribution in [0.15, 0.2) is 6.07 Å². The zero-order valence-electron chi connectivity index (χ0n) is 7.56. The van der Waals surface area contributed by atoms with E-state index in [-0.39, 0.29) is 23.3 Å². The number of hydrogen-bond acceptors (Lipinski definition) is 2. The number of rotatable bonds is 3. The Labute approximate surface area is 89.7 Å². The standard InChI is InChI=1S/C9H8F3NOS/c10-6-3-5(9(13)14)4(1-2-15)7(11)8(6)12/h3,15H,1-2H2,(H2,13,14). The summed E-state index contributed by atoms with van der Waals surface area (Å²) in [5.41, 5.74) is 4.33. The van der Waals surface area contributed by atoms with Crippen LogP contribution in [0.25, 0.3) is 0 Å². The maximum absolute atomic E-state index is 13.2. The molecule has 0 saturated carbocycles. The molecule has 1 amide bonds. The Morgan fingerprint density at radius 1 is 1.33 bits per heavy atom. The molecule has 2 N–H and O–H groups in total. The van der Waals surface area contributed by atoms with Crippen LogP contribution in [0.1, 0.15) is 15.9 Å². The molecule has 0 fully saturated rings. The first-order valence-electron chi connectivity index (χ1n) is 4.06. The number of amides is 1. The third-order valence-corrected chi connectivity index (χ3v) is 2.11. The van der Waals surface area contributed by atoms with Gasteiger partial charge in [-0.05, 0) is 18.2 Å². The highest BCUT2D eigenvalue weighted by atomic mass is 32.1. The van der Waals surface area contributed by atoms with E-state index in [2.05, 4.69) is 12.6 Å². The van der Waals surface area contributed by atoms with Gasteiger partial charge in [-0.1, -0.05) is 0 Å². The van der Waals surface area contributed by atoms with Crippen molar-refractivity contribution in [1.82, 2.24) is 0 Å². The molecule has 1 rings (SSSR count). The van der Waals surface area contributed by atoms with Crippen molar-refractivity contribution in [3.05, 3.63) is 34.6 Å². The number of benzene rings is 1. The van der Waals surface area contributed by atoms with Crippen LogP contribution < -0.4 is 5.73 Å². The predicted octanol–water partition coefficient (Wildman–Crippen LogP) is 1.68. The normalized spacial score (nSPS) is 10.4. The van der Waals surface area contributed by atoms with Crippen molar-refractivity contribution in [2.45, 2.75) is 6.42 Å². The average molecular weight is 235 g/mol. The molecule has 0 heterocycles. The third-order valence-electron chi connectivity index (χ3n) is 1.89. The second kappa shape index (κ2) is 4.57. The summed E-state index contributed by atoms with van der Waals surface area (Å²) in [6.07, 6.45) is 0.00438. The molecular formula is C9H8F3NOS. The van der Waals surface area contributed by atoms with Gasteiger partial charge in [-0.2, -0.15) is 12.6 Å². The van der Waals surface area contributed by atoms with Gasteiger partial charge in [0.05, 0.1) is 0 Å². The largest absolute Gasteiger partial charge is 0.366 e. The fourth-order valence-corrected chi connectivity index (χ4v) is 1.43. The molecule has 0 bridgehead atoms. The van der Waals surface area contributed by atoms with Crippen molar-refractivity contribution in [3.8, 4) is 0 Å². The van der Waals surface area contributed by atoms with Crippen LogP contribution in [0.4, 0.5) is 13.2 Å². The Kier molecular flexibility index (Phi) is 3.62. The van der Waals surface area contributed by atoms with Gasteiger partial charge in [0.2, 0.25) is 5.91 Å². The van der Waals surface area contributed by atoms with Crippen molar-refractivity contribution in [3.63, 3.8) is 0 Å². The second-order valence-electron chi connectivity index (χ2n) is 2.85. The van der Waals surface area contributed by atoms with Crippen LogP contribution in [-0.2, 0) is 6.42 Å². The van der Waals surface area contributed by atoms with Crippen LogP contribution in [-0.4, -0.2) is 11.7 Å². The molecule has 0 aliphatic rings. The van der Waals surface area contributed by atoms with Crippen molar-refractivity contribution in [2.75, 3.05) is 5.75 Å². The molecular weight excluding hydrogens is 227 g/mol. The van der Waals surface area contributed by atoms with Gasteiger partial charge in [0.25, 0.3) is 0 Å². The fourth-order valence-electron chi connectivity index (χ4n) is 1.21. The number of nitrogens with two attached hydrogens (primary N) is 1. The summed E-state index contributed by atoms with van der Waals surface area (Å²) in [5.74, 6) is -5.20. The first-order valence-corrected chi connectivity index (χ1v) is 4.69. The fraction of sp³-hybridized carbons (Fsp3) is 0.222. The van der Waals surface area contributed by atoms with Crippen molar-refractivity contribution in [1.29, 1.82) is 0 Å². The van der Waals surface area contributed by atoms with Gasteiger partial charge >= 0.3 is 0 Å². The van der Waals surface area contributed by atoms with Crippen LogP contribution in [0, 0.1) is 17.5 Å². The molecule has 6 heteroatoms. The monoisotopic (exact) mass is 235 g/mol. The van der Waals surface area contributed by atoms with Crippen molar-refractivity contribution >= 4 is 18.5 Å². The van der Waals surface area contributed by atoms with E-state index in [1.165, 1.54) is 0 Å². The summed E-state index contributed by atoms with van der Waals surface area (Å²) in [4.78, 5) is 10.9. The van der Waals surface area contributed by atoms with E-state index in [0.717, 1.165) is 0 Å². The molecule has 82 valence electrons. The van der Waals surface area contributed by atoms with E-state index in [0.29, 0.717) is 6.07 Å². The van der Waals surface area contributed by atoms with Crippen LogP contribution in [0.5, 0.6) is 0 Å². The second-order valence-corrected chi connectivity index (χ2v) is 3.30. The Bertz CT molecular complexity index is 409. The summed E-state index contributed by atoms with van der Waals surface area (Å²) in [5, 5.41) is 0. The van der Waals surface area contributed by atoms with E-state index in [1.807, 2.05) is 0 Å². The van der Waals surface area contributed by atoms with Gasteiger partial charge in [0.15, 0.2) is 17.5 Å². The van der Waals surface area contributed by atoms with Gasteiger partial charge in [0.1, 0.15) is 0 Å². The number of carbonyl (C=O) groups excluding carboxylic acids is 1. The Morgan fingerprint density at radius 2 is 1.93 bits per heavy atom. The van der Waals surface area contributed by atoms with Crippen molar-refractivity contribution < 1.29 is 18.0 Å². The first-order chi connectivity index (χ1) is 6.99. The number of thiol groups is 1. The highest BCUT2D eigenvalue weighted by molar-refractivity contribution is 7.80. The lowest BCUT2D eigenvalue weighted by Crippen LogP contribution is -2.17. The van der Waals surface area contributed by atoms with E-state index in [1.54, 1.807) is 0 Å². The maximum atomic E-state index is 13.2. The topological polar surface area (TPSA) is 43.1 Å². The summed E-state index contributed by atoms with van der Waals surface area (Å²) < 4.78 is 38.8. The molecule has 0 aliphatic carbocycles. The SMILES string of the molecule is NC(=O)c1cc(F)c(F)c(F)c1CCS. The molecule has 0 atom stereocenters. The van der Waals surface area contributed by atoms with Crippen LogP contribution in [0.3, 0.4) is 0 Å². The number of halogens is 3. The molecule has 0 radical (unpaired) electrons.